The molecular weight excluding hydrogens is 671 g/mol. The van der Waals surface area contributed by atoms with Crippen LogP contribution in [0.4, 0.5) is 17.1 Å². The van der Waals surface area contributed by atoms with Gasteiger partial charge >= 0.3 is 0 Å². The van der Waals surface area contributed by atoms with Gasteiger partial charge in [-0.25, -0.2) is 0 Å². The number of hydrogen-bond donors (Lipinski definition) is 0. The largest absolute Gasteiger partial charge is 0.460 e. The zero-order valence-electron chi connectivity index (χ0n) is 30.3. The normalized spacial score (nSPS) is 13.4. The average Bonchev–Trinajstić information content (AvgIpc) is 3.82. The van der Waals surface area contributed by atoms with Crippen molar-refractivity contribution >= 4 is 62.1 Å². The van der Waals surface area contributed by atoms with Gasteiger partial charge in [0.1, 0.15) is 22.5 Å². The molecule has 3 nitrogen and oxygen atoms in total. The Morgan fingerprint density at radius 1 is 0.473 bits per heavy atom. The zero-order chi connectivity index (χ0) is 36.3. The van der Waals surface area contributed by atoms with Crippen molar-refractivity contribution in [1.29, 1.82) is 0 Å². The van der Waals surface area contributed by atoms with E-state index in [2.05, 4.69) is 181 Å². The number of anilines is 3. The summed E-state index contributed by atoms with van der Waals surface area (Å²) in [6, 6.07) is 54.5. The molecule has 262 valence electrons. The van der Waals surface area contributed by atoms with E-state index >= 15 is 0 Å². The number of hydrogen-bond acceptors (Lipinski definition) is 3. The van der Waals surface area contributed by atoms with Crippen LogP contribution < -0.4 is 4.90 Å². The molecule has 0 amide bonds. The number of fused-ring (bicyclic) bond motifs is 7. The Morgan fingerprint density at radius 3 is 1.89 bits per heavy atom. The van der Waals surface area contributed by atoms with Gasteiger partial charge in [-0.15, -0.1) is 0 Å². The monoisotopic (exact) mass is 707 g/mol. The fourth-order valence-electron chi connectivity index (χ4n) is 8.81. The van der Waals surface area contributed by atoms with Crippen LogP contribution in [0.3, 0.4) is 0 Å². The summed E-state index contributed by atoms with van der Waals surface area (Å²) in [5.41, 5.74) is 16.8. The van der Waals surface area contributed by atoms with E-state index in [9.17, 15) is 0 Å². The van der Waals surface area contributed by atoms with Crippen LogP contribution in [0.5, 0.6) is 0 Å². The molecule has 2 aliphatic rings. The molecule has 0 spiro atoms. The highest BCUT2D eigenvalue weighted by Gasteiger charge is 2.25. The van der Waals surface area contributed by atoms with Gasteiger partial charge < -0.3 is 13.7 Å². The molecule has 0 aliphatic heterocycles. The number of furan rings is 2. The first-order valence-corrected chi connectivity index (χ1v) is 19.3. The minimum atomic E-state index is 0.869. The summed E-state index contributed by atoms with van der Waals surface area (Å²) in [4.78, 5) is 2.40. The van der Waals surface area contributed by atoms with E-state index in [0.717, 1.165) is 98.0 Å². The minimum absolute atomic E-state index is 0.869. The van der Waals surface area contributed by atoms with Gasteiger partial charge in [0, 0.05) is 50.6 Å². The van der Waals surface area contributed by atoms with Crippen LogP contribution in [0.25, 0.3) is 78.4 Å². The molecule has 0 saturated heterocycles. The summed E-state index contributed by atoms with van der Waals surface area (Å²) in [5, 5.41) is 3.30. The maximum atomic E-state index is 6.86. The van der Waals surface area contributed by atoms with Crippen LogP contribution in [-0.4, -0.2) is 0 Å². The van der Waals surface area contributed by atoms with E-state index in [1.807, 2.05) is 0 Å². The number of nitrogens with zero attached hydrogens (tertiary/aromatic N) is 1. The van der Waals surface area contributed by atoms with Crippen molar-refractivity contribution in [2.24, 2.45) is 0 Å². The Hall–Kier alpha value is -6.84. The van der Waals surface area contributed by atoms with Gasteiger partial charge in [-0.2, -0.15) is 0 Å². The lowest BCUT2D eigenvalue weighted by Gasteiger charge is -2.29. The van der Waals surface area contributed by atoms with Crippen molar-refractivity contribution in [3.63, 3.8) is 0 Å². The van der Waals surface area contributed by atoms with E-state index in [1.54, 1.807) is 0 Å². The lowest BCUT2D eigenvalue weighted by Crippen LogP contribution is -2.13. The molecule has 2 aliphatic carbocycles. The Balaban J connectivity index is 1.07. The minimum Gasteiger partial charge on any atom is -0.460 e. The summed E-state index contributed by atoms with van der Waals surface area (Å²) in [6.07, 6.45) is 13.1. The fraction of sp³-hybridized carbons (Fsp3) is 0.0769. The first kappa shape index (κ1) is 31.7. The third kappa shape index (κ3) is 5.26. The van der Waals surface area contributed by atoms with Crippen molar-refractivity contribution < 1.29 is 8.83 Å². The van der Waals surface area contributed by atoms with E-state index < -0.39 is 0 Å². The Kier molecular flexibility index (Phi) is 7.44. The van der Waals surface area contributed by atoms with Crippen LogP contribution in [0.15, 0.2) is 173 Å². The van der Waals surface area contributed by atoms with Crippen LogP contribution in [0, 0.1) is 0 Å². The molecule has 0 unspecified atom stereocenters. The van der Waals surface area contributed by atoms with Crippen molar-refractivity contribution in [1.82, 2.24) is 0 Å². The van der Waals surface area contributed by atoms with Gasteiger partial charge in [-0.1, -0.05) is 133 Å². The maximum absolute atomic E-state index is 6.86. The molecule has 2 heterocycles. The van der Waals surface area contributed by atoms with E-state index in [-0.39, 0.29) is 0 Å². The molecule has 11 rings (SSSR count). The molecule has 55 heavy (non-hydrogen) atoms. The molecule has 9 aromatic rings. The van der Waals surface area contributed by atoms with Gasteiger partial charge in [0.25, 0.3) is 0 Å². The topological polar surface area (TPSA) is 29.5 Å². The van der Waals surface area contributed by atoms with Gasteiger partial charge in [-0.05, 0) is 95.1 Å². The van der Waals surface area contributed by atoms with Gasteiger partial charge in [-0.3, -0.25) is 0 Å². The molecule has 0 N–H and O–H groups in total. The molecular formula is C52H37NO2. The van der Waals surface area contributed by atoms with E-state index in [0.29, 0.717) is 0 Å². The van der Waals surface area contributed by atoms with Crippen LogP contribution in [-0.2, 0) is 12.8 Å². The number of allylic oxidation sites excluding steroid dienone is 2. The predicted octanol–water partition coefficient (Wildman–Crippen LogP) is 14.7. The second kappa shape index (κ2) is 12.9. The molecule has 0 bridgehead atoms. The summed E-state index contributed by atoms with van der Waals surface area (Å²) < 4.78 is 13.5. The summed E-state index contributed by atoms with van der Waals surface area (Å²) in [5.74, 6) is 1.05. The van der Waals surface area contributed by atoms with Gasteiger partial charge in [0.05, 0.1) is 5.69 Å². The second-order valence-corrected chi connectivity index (χ2v) is 14.6. The number of rotatable bonds is 6. The molecule has 7 aromatic carbocycles. The second-order valence-electron chi connectivity index (χ2n) is 14.6. The smallest absolute Gasteiger partial charge is 0.144 e. The molecule has 3 heteroatoms. The van der Waals surface area contributed by atoms with Crippen molar-refractivity contribution in [2.45, 2.75) is 25.7 Å². The van der Waals surface area contributed by atoms with Crippen LogP contribution in [0.2, 0.25) is 0 Å². The summed E-state index contributed by atoms with van der Waals surface area (Å²) in [6.45, 7) is 0. The first-order valence-electron chi connectivity index (χ1n) is 19.3. The van der Waals surface area contributed by atoms with Crippen molar-refractivity contribution in [3.8, 4) is 33.4 Å². The number of benzene rings is 7. The highest BCUT2D eigenvalue weighted by molar-refractivity contribution is 6.22. The summed E-state index contributed by atoms with van der Waals surface area (Å²) >= 11 is 0. The van der Waals surface area contributed by atoms with Crippen molar-refractivity contribution in [3.05, 3.63) is 186 Å². The number of aryl methyl sites for hydroxylation is 2. The van der Waals surface area contributed by atoms with E-state index in [4.69, 9.17) is 8.83 Å². The molecule has 0 saturated carbocycles. The standard InChI is InChI=1S/C52H37NO2/c1-3-13-34(14-4-1)35-25-29-39(30-26-35)53(45-22-11-18-36-15-7-8-19-41(36)45)40-31-27-37(28-32-40)42-21-12-24-47-50(42)44-33-48-51(43-20-9-10-23-46(43)54-48)49(52(44)55-47)38-16-5-2-6-17-38/h1-6,8-9,11-14,16-22,24-33H,7,10,15,23H2. The molecule has 0 radical (unpaired) electrons. The highest BCUT2D eigenvalue weighted by atomic mass is 16.3. The van der Waals surface area contributed by atoms with Crippen molar-refractivity contribution in [2.75, 3.05) is 4.90 Å². The average molecular weight is 708 g/mol. The predicted molar refractivity (Wildman–Crippen MR) is 229 cm³/mol. The maximum Gasteiger partial charge on any atom is 0.144 e. The lowest BCUT2D eigenvalue weighted by molar-refractivity contribution is 0.546. The Bertz CT molecular complexity index is 2950. The highest BCUT2D eigenvalue weighted by Crippen LogP contribution is 2.48. The van der Waals surface area contributed by atoms with Gasteiger partial charge in [0.2, 0.25) is 0 Å². The summed E-state index contributed by atoms with van der Waals surface area (Å²) in [7, 11) is 0. The van der Waals surface area contributed by atoms with Crippen LogP contribution >= 0.6 is 0 Å². The Labute approximate surface area is 320 Å². The molecule has 0 atom stereocenters. The Morgan fingerprint density at radius 2 is 1.13 bits per heavy atom. The van der Waals surface area contributed by atoms with E-state index in [1.165, 1.54) is 33.5 Å². The molecule has 0 fully saturated rings. The quantitative estimate of drug-likeness (QED) is 0.172. The third-order valence-corrected chi connectivity index (χ3v) is 11.4. The lowest BCUT2D eigenvalue weighted by atomic mass is 9.92. The van der Waals surface area contributed by atoms with Gasteiger partial charge in [0.15, 0.2) is 0 Å². The first-order chi connectivity index (χ1) is 27.3. The third-order valence-electron chi connectivity index (χ3n) is 11.4. The SMILES string of the molecule is C1=Cc2c(cccc2N(c2ccc(-c3ccccc3)cc2)c2ccc(-c3cccc4oc5c(-c6ccccc6)c6c7c(oc6cc5c34)CCC=C7)cc2)CC1. The zero-order valence-corrected chi connectivity index (χ0v) is 30.3. The molecule has 2 aromatic heterocycles. The fourth-order valence-corrected chi connectivity index (χ4v) is 8.81. The van der Waals surface area contributed by atoms with Crippen LogP contribution in [0.1, 0.15) is 35.3 Å².